The summed E-state index contributed by atoms with van der Waals surface area (Å²) in [4.78, 5) is 3.11. The monoisotopic (exact) mass is 299 g/mol. The van der Waals surface area contributed by atoms with Crippen molar-refractivity contribution in [2.45, 2.75) is 52.0 Å². The van der Waals surface area contributed by atoms with Crippen LogP contribution in [0, 0.1) is 13.8 Å². The van der Waals surface area contributed by atoms with Crippen molar-refractivity contribution >= 4 is 11.3 Å². The molecule has 21 heavy (non-hydrogen) atoms. The van der Waals surface area contributed by atoms with Crippen molar-refractivity contribution in [2.75, 3.05) is 7.05 Å². The van der Waals surface area contributed by atoms with Crippen LogP contribution in [-0.2, 0) is 12.8 Å². The lowest BCUT2D eigenvalue weighted by molar-refractivity contribution is 0.694. The van der Waals surface area contributed by atoms with E-state index in [9.17, 15) is 0 Å². The van der Waals surface area contributed by atoms with Crippen LogP contribution in [0.5, 0.6) is 0 Å². The number of nitrogens with one attached hydrogen (secondary N) is 1. The van der Waals surface area contributed by atoms with Gasteiger partial charge in [0.25, 0.3) is 0 Å². The van der Waals surface area contributed by atoms with Gasteiger partial charge in [-0.25, -0.2) is 0 Å². The molecule has 0 amide bonds. The van der Waals surface area contributed by atoms with Crippen molar-refractivity contribution in [3.63, 3.8) is 0 Å². The molecule has 0 bridgehead atoms. The molecule has 1 nitrogen and oxygen atoms in total. The predicted octanol–water partition coefficient (Wildman–Crippen LogP) is 4.94. The maximum absolute atomic E-state index is 3.53. The van der Waals surface area contributed by atoms with Crippen molar-refractivity contribution in [2.24, 2.45) is 0 Å². The van der Waals surface area contributed by atoms with Gasteiger partial charge >= 0.3 is 0 Å². The fourth-order valence-electron chi connectivity index (χ4n) is 3.43. The van der Waals surface area contributed by atoms with Crippen LogP contribution < -0.4 is 5.32 Å². The van der Waals surface area contributed by atoms with Gasteiger partial charge in [-0.15, -0.1) is 11.3 Å². The molecule has 1 aliphatic carbocycles. The summed E-state index contributed by atoms with van der Waals surface area (Å²) in [6.07, 6.45) is 6.67. The molecule has 1 unspecified atom stereocenters. The first-order chi connectivity index (χ1) is 10.2. The minimum Gasteiger partial charge on any atom is -0.309 e. The van der Waals surface area contributed by atoms with Gasteiger partial charge < -0.3 is 5.32 Å². The highest BCUT2D eigenvalue weighted by atomic mass is 32.1. The standard InChI is InChI=1S/C19H25NS/c1-13-9-10-16(14(2)11-13)19(20-3)18-12-15-7-5-4-6-8-17(15)21-18/h9-12,19-20H,4-8H2,1-3H3. The second kappa shape index (κ2) is 6.33. The summed E-state index contributed by atoms with van der Waals surface area (Å²) in [5, 5.41) is 3.53. The van der Waals surface area contributed by atoms with Crippen LogP contribution in [-0.4, -0.2) is 7.05 Å². The first-order valence-corrected chi connectivity index (χ1v) is 8.86. The molecule has 112 valence electrons. The van der Waals surface area contributed by atoms with E-state index in [-0.39, 0.29) is 0 Å². The minimum atomic E-state index is 0.336. The van der Waals surface area contributed by atoms with E-state index in [1.54, 1.807) is 10.4 Å². The summed E-state index contributed by atoms with van der Waals surface area (Å²) in [6, 6.07) is 9.61. The van der Waals surface area contributed by atoms with Crippen LogP contribution in [0.25, 0.3) is 0 Å². The van der Waals surface area contributed by atoms with Crippen molar-refractivity contribution in [1.82, 2.24) is 5.32 Å². The molecule has 1 N–H and O–H groups in total. The van der Waals surface area contributed by atoms with E-state index >= 15 is 0 Å². The van der Waals surface area contributed by atoms with Crippen LogP contribution >= 0.6 is 11.3 Å². The summed E-state index contributed by atoms with van der Waals surface area (Å²) in [7, 11) is 2.08. The largest absolute Gasteiger partial charge is 0.309 e. The van der Waals surface area contributed by atoms with Gasteiger partial charge in [0, 0.05) is 9.75 Å². The van der Waals surface area contributed by atoms with E-state index in [4.69, 9.17) is 0 Å². The minimum absolute atomic E-state index is 0.336. The number of thiophene rings is 1. The molecule has 0 saturated carbocycles. The lowest BCUT2D eigenvalue weighted by atomic mass is 9.97. The Bertz CT molecular complexity index is 603. The van der Waals surface area contributed by atoms with Crippen LogP contribution in [0.15, 0.2) is 24.3 Å². The zero-order chi connectivity index (χ0) is 14.8. The molecule has 0 spiro atoms. The summed E-state index contributed by atoms with van der Waals surface area (Å²) in [6.45, 7) is 4.39. The molecule has 1 aromatic carbocycles. The second-order valence-corrected chi connectivity index (χ2v) is 7.41. The molecule has 0 fully saturated rings. The second-order valence-electron chi connectivity index (χ2n) is 6.24. The molecule has 1 heterocycles. The van der Waals surface area contributed by atoms with Crippen LogP contribution in [0.1, 0.15) is 57.3 Å². The maximum Gasteiger partial charge on any atom is 0.0671 e. The molecule has 2 aromatic rings. The Labute approximate surface area is 132 Å². The SMILES string of the molecule is CNC(c1cc2c(s1)CCCCC2)c1ccc(C)cc1C. The van der Waals surface area contributed by atoms with E-state index in [1.165, 1.54) is 53.7 Å². The topological polar surface area (TPSA) is 12.0 Å². The Morgan fingerprint density at radius 2 is 1.86 bits per heavy atom. The summed E-state index contributed by atoms with van der Waals surface area (Å²) >= 11 is 2.03. The van der Waals surface area contributed by atoms with Crippen LogP contribution in [0.3, 0.4) is 0 Å². The van der Waals surface area contributed by atoms with Gasteiger partial charge in [-0.3, -0.25) is 0 Å². The molecule has 0 saturated heterocycles. The maximum atomic E-state index is 3.53. The molecular weight excluding hydrogens is 274 g/mol. The third-order valence-corrected chi connectivity index (χ3v) is 5.88. The van der Waals surface area contributed by atoms with Crippen LogP contribution in [0.4, 0.5) is 0 Å². The number of fused-ring (bicyclic) bond motifs is 1. The van der Waals surface area contributed by atoms with Gasteiger partial charge in [0.05, 0.1) is 6.04 Å². The number of hydrogen-bond acceptors (Lipinski definition) is 2. The molecule has 0 radical (unpaired) electrons. The van der Waals surface area contributed by atoms with Gasteiger partial charge in [-0.1, -0.05) is 30.2 Å². The normalized spacial score (nSPS) is 16.3. The van der Waals surface area contributed by atoms with E-state index in [1.807, 2.05) is 11.3 Å². The quantitative estimate of drug-likeness (QED) is 0.791. The third-order valence-electron chi connectivity index (χ3n) is 4.58. The zero-order valence-electron chi connectivity index (χ0n) is 13.3. The Morgan fingerprint density at radius 1 is 1.05 bits per heavy atom. The van der Waals surface area contributed by atoms with E-state index < -0.39 is 0 Å². The van der Waals surface area contributed by atoms with Crippen molar-refractivity contribution < 1.29 is 0 Å². The van der Waals surface area contributed by atoms with Crippen molar-refractivity contribution in [3.05, 3.63) is 56.3 Å². The lowest BCUT2D eigenvalue weighted by Gasteiger charge is -2.18. The summed E-state index contributed by atoms with van der Waals surface area (Å²) < 4.78 is 0. The fraction of sp³-hybridized carbons (Fsp3) is 0.474. The molecular formula is C19H25NS. The number of benzene rings is 1. The molecule has 1 atom stereocenters. The highest BCUT2D eigenvalue weighted by molar-refractivity contribution is 7.12. The molecule has 2 heteroatoms. The number of rotatable bonds is 3. The van der Waals surface area contributed by atoms with Gasteiger partial charge in [0.1, 0.15) is 0 Å². The lowest BCUT2D eigenvalue weighted by Crippen LogP contribution is -2.17. The zero-order valence-corrected chi connectivity index (χ0v) is 14.1. The Hall–Kier alpha value is -1.12. The molecule has 3 rings (SSSR count). The Kier molecular flexibility index (Phi) is 4.46. The van der Waals surface area contributed by atoms with E-state index in [0.29, 0.717) is 6.04 Å². The van der Waals surface area contributed by atoms with Crippen molar-refractivity contribution in [1.29, 1.82) is 0 Å². The number of aryl methyl sites for hydroxylation is 4. The highest BCUT2D eigenvalue weighted by Gasteiger charge is 2.20. The van der Waals surface area contributed by atoms with Crippen LogP contribution in [0.2, 0.25) is 0 Å². The third kappa shape index (κ3) is 3.07. The highest BCUT2D eigenvalue weighted by Crippen LogP contribution is 2.35. The molecule has 1 aromatic heterocycles. The first kappa shape index (κ1) is 14.8. The van der Waals surface area contributed by atoms with Gasteiger partial charge in [0.2, 0.25) is 0 Å². The number of hydrogen-bond donors (Lipinski definition) is 1. The Balaban J connectivity index is 1.96. The average Bonchev–Trinajstić information content (AvgIpc) is 2.72. The summed E-state index contributed by atoms with van der Waals surface area (Å²) in [5.41, 5.74) is 5.75. The predicted molar refractivity (Wildman–Crippen MR) is 92.4 cm³/mol. The van der Waals surface area contributed by atoms with E-state index in [2.05, 4.69) is 50.5 Å². The molecule has 1 aliphatic rings. The first-order valence-electron chi connectivity index (χ1n) is 8.05. The van der Waals surface area contributed by atoms with Gasteiger partial charge in [-0.2, -0.15) is 0 Å². The Morgan fingerprint density at radius 3 is 2.62 bits per heavy atom. The summed E-state index contributed by atoms with van der Waals surface area (Å²) in [5.74, 6) is 0. The fourth-order valence-corrected chi connectivity index (χ4v) is 4.82. The van der Waals surface area contributed by atoms with E-state index in [0.717, 1.165) is 0 Å². The van der Waals surface area contributed by atoms with Gasteiger partial charge in [0.15, 0.2) is 0 Å². The molecule has 0 aliphatic heterocycles. The smallest absolute Gasteiger partial charge is 0.0671 e. The van der Waals surface area contributed by atoms with Crippen molar-refractivity contribution in [3.8, 4) is 0 Å². The van der Waals surface area contributed by atoms with Gasteiger partial charge in [-0.05, 0) is 69.3 Å². The average molecular weight is 299 g/mol.